The minimum absolute atomic E-state index is 0.139. The third-order valence-corrected chi connectivity index (χ3v) is 2.82. The number of nitrogens with two attached hydrogens (primary N) is 1. The van der Waals surface area contributed by atoms with Crippen LogP contribution in [0.4, 0.5) is 0 Å². The molecule has 4 N–H and O–H groups in total. The van der Waals surface area contributed by atoms with Crippen molar-refractivity contribution < 1.29 is 10.2 Å². The number of hydrogen-bond donors (Lipinski definition) is 3. The molecular formula is C15H35NO2. The molecular weight excluding hydrogens is 226 g/mol. The van der Waals surface area contributed by atoms with Crippen molar-refractivity contribution in [3.8, 4) is 0 Å². The first-order valence-corrected chi connectivity index (χ1v) is 7.68. The van der Waals surface area contributed by atoms with Crippen LogP contribution in [0.1, 0.15) is 78.1 Å². The van der Waals surface area contributed by atoms with Gasteiger partial charge in [-0.1, -0.05) is 64.7 Å². The number of aliphatic hydroxyl groups is 2. The fourth-order valence-corrected chi connectivity index (χ4v) is 1.63. The molecule has 0 spiro atoms. The molecule has 0 aliphatic heterocycles. The molecule has 0 amide bonds. The van der Waals surface area contributed by atoms with Gasteiger partial charge in [0.15, 0.2) is 0 Å². The second-order valence-electron chi connectivity index (χ2n) is 5.00. The van der Waals surface area contributed by atoms with Gasteiger partial charge < -0.3 is 15.9 Å². The molecule has 0 aliphatic rings. The third kappa shape index (κ3) is 24.9. The van der Waals surface area contributed by atoms with Crippen LogP contribution in [0.2, 0.25) is 0 Å². The van der Waals surface area contributed by atoms with Crippen molar-refractivity contribution in [2.45, 2.75) is 84.2 Å². The molecule has 0 saturated heterocycles. The summed E-state index contributed by atoms with van der Waals surface area (Å²) < 4.78 is 0. The Hall–Kier alpha value is -0.120. The van der Waals surface area contributed by atoms with E-state index in [1.807, 2.05) is 0 Å². The Balaban J connectivity index is 0. The van der Waals surface area contributed by atoms with Gasteiger partial charge in [-0.2, -0.15) is 0 Å². The van der Waals surface area contributed by atoms with Gasteiger partial charge in [0.25, 0.3) is 0 Å². The minimum atomic E-state index is -0.560. The first kappa shape index (κ1) is 20.2. The molecule has 1 unspecified atom stereocenters. The van der Waals surface area contributed by atoms with Crippen molar-refractivity contribution in [2.75, 3.05) is 13.2 Å². The molecule has 1 atom stereocenters. The fraction of sp³-hybridized carbons (Fsp3) is 1.00. The highest BCUT2D eigenvalue weighted by atomic mass is 16.3. The predicted octanol–water partition coefficient (Wildman–Crippen LogP) is 3.23. The molecule has 0 aromatic carbocycles. The molecule has 3 nitrogen and oxygen atoms in total. The lowest BCUT2D eigenvalue weighted by molar-refractivity contribution is 0.110. The Morgan fingerprint density at radius 1 is 0.833 bits per heavy atom. The lowest BCUT2D eigenvalue weighted by Crippen LogP contribution is -2.03. The molecule has 3 heteroatoms. The van der Waals surface area contributed by atoms with Crippen LogP contribution in [0, 0.1) is 0 Å². The van der Waals surface area contributed by atoms with Gasteiger partial charge in [0, 0.05) is 0 Å². The Morgan fingerprint density at radius 3 is 1.44 bits per heavy atom. The fourth-order valence-electron chi connectivity index (χ4n) is 1.63. The summed E-state index contributed by atoms with van der Waals surface area (Å²) in [7, 11) is 0. The zero-order valence-corrected chi connectivity index (χ0v) is 12.5. The van der Waals surface area contributed by atoms with Crippen LogP contribution >= 0.6 is 0 Å². The van der Waals surface area contributed by atoms with Crippen molar-refractivity contribution in [2.24, 2.45) is 5.73 Å². The second kappa shape index (κ2) is 19.2. The van der Waals surface area contributed by atoms with Gasteiger partial charge in [0.05, 0.1) is 12.7 Å². The number of rotatable bonds is 11. The van der Waals surface area contributed by atoms with Gasteiger partial charge in [-0.25, -0.2) is 0 Å². The maximum atomic E-state index is 8.11. The van der Waals surface area contributed by atoms with E-state index in [9.17, 15) is 0 Å². The largest absolute Gasteiger partial charge is 0.394 e. The molecule has 18 heavy (non-hydrogen) atoms. The number of aliphatic hydroxyl groups excluding tert-OH is 2. The van der Waals surface area contributed by atoms with E-state index >= 15 is 0 Å². The molecule has 0 bridgehead atoms. The summed E-state index contributed by atoms with van der Waals surface area (Å²) in [5.74, 6) is 0. The van der Waals surface area contributed by atoms with Gasteiger partial charge in [-0.05, 0) is 19.9 Å². The van der Waals surface area contributed by atoms with Gasteiger partial charge in [-0.3, -0.25) is 0 Å². The highest BCUT2D eigenvalue weighted by Crippen LogP contribution is 2.09. The summed E-state index contributed by atoms with van der Waals surface area (Å²) >= 11 is 0. The third-order valence-electron chi connectivity index (χ3n) is 2.82. The van der Waals surface area contributed by atoms with E-state index in [0.29, 0.717) is 0 Å². The van der Waals surface area contributed by atoms with E-state index in [1.165, 1.54) is 71.1 Å². The van der Waals surface area contributed by atoms with E-state index in [2.05, 4.69) is 6.92 Å². The summed E-state index contributed by atoms with van der Waals surface area (Å²) in [6, 6.07) is 0. The molecule has 0 saturated carbocycles. The van der Waals surface area contributed by atoms with Crippen molar-refractivity contribution in [3.05, 3.63) is 0 Å². The monoisotopic (exact) mass is 261 g/mol. The maximum Gasteiger partial charge on any atom is 0.0742 e. The molecule has 0 aliphatic carbocycles. The lowest BCUT2D eigenvalue weighted by Gasteiger charge is -2.00. The molecule has 0 aromatic heterocycles. The summed E-state index contributed by atoms with van der Waals surface area (Å²) in [4.78, 5) is 0. The molecule has 0 fully saturated rings. The standard InChI is InChI=1S/C12H27N.C3H8O2/c1-2-3-4-5-6-7-8-9-10-11-12-13;1-3(5)2-4/h2-13H2,1H3;3-5H,2H2,1H3. The Morgan fingerprint density at radius 2 is 1.17 bits per heavy atom. The van der Waals surface area contributed by atoms with Crippen molar-refractivity contribution in [3.63, 3.8) is 0 Å². The first-order valence-electron chi connectivity index (χ1n) is 7.68. The van der Waals surface area contributed by atoms with Crippen LogP contribution in [0.3, 0.4) is 0 Å². The predicted molar refractivity (Wildman–Crippen MR) is 79.7 cm³/mol. The van der Waals surface area contributed by atoms with Crippen LogP contribution in [0.5, 0.6) is 0 Å². The van der Waals surface area contributed by atoms with Crippen LogP contribution < -0.4 is 5.73 Å². The van der Waals surface area contributed by atoms with Crippen LogP contribution in [-0.4, -0.2) is 29.5 Å². The number of unbranched alkanes of at least 4 members (excludes halogenated alkanes) is 9. The van der Waals surface area contributed by atoms with Crippen molar-refractivity contribution in [1.82, 2.24) is 0 Å². The highest BCUT2D eigenvalue weighted by Gasteiger charge is 1.91. The molecule has 0 rings (SSSR count). The van der Waals surface area contributed by atoms with Gasteiger partial charge >= 0.3 is 0 Å². The molecule has 0 radical (unpaired) electrons. The Labute approximate surface area is 114 Å². The van der Waals surface area contributed by atoms with Gasteiger partial charge in [0.2, 0.25) is 0 Å². The highest BCUT2D eigenvalue weighted by molar-refractivity contribution is 4.47. The van der Waals surface area contributed by atoms with Crippen LogP contribution in [0.25, 0.3) is 0 Å². The smallest absolute Gasteiger partial charge is 0.0742 e. The Kier molecular flexibility index (Phi) is 21.6. The lowest BCUT2D eigenvalue weighted by atomic mass is 10.1. The number of hydrogen-bond acceptors (Lipinski definition) is 3. The van der Waals surface area contributed by atoms with Crippen molar-refractivity contribution in [1.29, 1.82) is 0 Å². The molecule has 0 heterocycles. The first-order chi connectivity index (χ1) is 8.68. The van der Waals surface area contributed by atoms with E-state index in [0.717, 1.165) is 6.54 Å². The summed E-state index contributed by atoms with van der Waals surface area (Å²) in [5.41, 5.74) is 5.42. The van der Waals surface area contributed by atoms with Crippen molar-refractivity contribution >= 4 is 0 Å². The zero-order chi connectivity index (χ0) is 14.1. The van der Waals surface area contributed by atoms with E-state index < -0.39 is 6.10 Å². The molecule has 112 valence electrons. The average Bonchev–Trinajstić information content (AvgIpc) is 2.37. The summed E-state index contributed by atoms with van der Waals surface area (Å²) in [6.07, 6.45) is 13.4. The van der Waals surface area contributed by atoms with Crippen LogP contribution in [0.15, 0.2) is 0 Å². The summed E-state index contributed by atoms with van der Waals surface area (Å²) in [5, 5.41) is 16.0. The van der Waals surface area contributed by atoms with E-state index in [1.54, 1.807) is 0 Å². The topological polar surface area (TPSA) is 66.5 Å². The summed E-state index contributed by atoms with van der Waals surface area (Å²) in [6.45, 7) is 4.53. The SMILES string of the molecule is CC(O)CO.CCCCCCCCCCCCN. The van der Waals surface area contributed by atoms with E-state index in [-0.39, 0.29) is 6.61 Å². The van der Waals surface area contributed by atoms with Crippen LogP contribution in [-0.2, 0) is 0 Å². The average molecular weight is 261 g/mol. The normalized spacial score (nSPS) is 11.8. The van der Waals surface area contributed by atoms with Gasteiger partial charge in [-0.15, -0.1) is 0 Å². The maximum absolute atomic E-state index is 8.11. The zero-order valence-electron chi connectivity index (χ0n) is 12.5. The quantitative estimate of drug-likeness (QED) is 0.500. The van der Waals surface area contributed by atoms with E-state index in [4.69, 9.17) is 15.9 Å². The molecule has 0 aromatic rings. The van der Waals surface area contributed by atoms with Gasteiger partial charge in [0.1, 0.15) is 0 Å². The minimum Gasteiger partial charge on any atom is -0.394 e. The Bertz CT molecular complexity index is 120. The second-order valence-corrected chi connectivity index (χ2v) is 5.00.